The van der Waals surface area contributed by atoms with E-state index in [9.17, 15) is 5.11 Å². The maximum absolute atomic E-state index is 10.4. The van der Waals surface area contributed by atoms with Crippen molar-refractivity contribution in [3.8, 4) is 0 Å². The molecule has 136 valence electrons. The third-order valence-electron chi connectivity index (χ3n) is 4.86. The van der Waals surface area contributed by atoms with E-state index in [2.05, 4.69) is 38.9 Å². The van der Waals surface area contributed by atoms with Crippen molar-refractivity contribution in [1.29, 1.82) is 0 Å². The molecule has 1 saturated heterocycles. The van der Waals surface area contributed by atoms with E-state index in [0.717, 1.165) is 18.8 Å². The standard InChI is InChI=1S/C19H23N5O2/c1-3-14-9-15(25)19(26-14)24-12-22-16-17(20-11-21-18(16)24)23(2)10-13-7-5-4-6-8-13/h4-8,11-12,14-15,19,25H,3,9-10H2,1-2H3/t14-,15?,19-/m1/s1. The van der Waals surface area contributed by atoms with Crippen LogP contribution in [0.5, 0.6) is 0 Å². The maximum Gasteiger partial charge on any atom is 0.167 e. The van der Waals surface area contributed by atoms with Crippen molar-refractivity contribution in [3.05, 3.63) is 48.5 Å². The number of aromatic nitrogens is 4. The highest BCUT2D eigenvalue weighted by Crippen LogP contribution is 2.33. The molecule has 0 bridgehead atoms. The molecule has 26 heavy (non-hydrogen) atoms. The van der Waals surface area contributed by atoms with E-state index < -0.39 is 12.3 Å². The number of fused-ring (bicyclic) bond motifs is 1. The lowest BCUT2D eigenvalue weighted by molar-refractivity contribution is -0.0355. The largest absolute Gasteiger partial charge is 0.388 e. The van der Waals surface area contributed by atoms with E-state index in [-0.39, 0.29) is 6.10 Å². The zero-order valence-electron chi connectivity index (χ0n) is 15.0. The van der Waals surface area contributed by atoms with Gasteiger partial charge in [-0.1, -0.05) is 37.3 Å². The highest BCUT2D eigenvalue weighted by molar-refractivity contribution is 5.83. The van der Waals surface area contributed by atoms with E-state index in [1.165, 1.54) is 11.9 Å². The molecule has 7 heteroatoms. The summed E-state index contributed by atoms with van der Waals surface area (Å²) in [6.45, 7) is 2.78. The summed E-state index contributed by atoms with van der Waals surface area (Å²) in [6, 6.07) is 10.2. The van der Waals surface area contributed by atoms with Gasteiger partial charge in [0, 0.05) is 20.0 Å². The van der Waals surface area contributed by atoms with Crippen molar-refractivity contribution < 1.29 is 9.84 Å². The number of hydrogen-bond donors (Lipinski definition) is 1. The van der Waals surface area contributed by atoms with Crippen LogP contribution < -0.4 is 4.90 Å². The van der Waals surface area contributed by atoms with Crippen molar-refractivity contribution in [2.24, 2.45) is 0 Å². The number of aliphatic hydroxyl groups excluding tert-OH is 1. The summed E-state index contributed by atoms with van der Waals surface area (Å²) in [6.07, 6.45) is 3.79. The minimum Gasteiger partial charge on any atom is -0.388 e. The molecule has 0 amide bonds. The first-order chi connectivity index (χ1) is 12.7. The van der Waals surface area contributed by atoms with Crippen molar-refractivity contribution in [3.63, 3.8) is 0 Å². The first-order valence-corrected chi connectivity index (χ1v) is 8.93. The molecule has 4 rings (SSSR count). The molecule has 2 aromatic heterocycles. The highest BCUT2D eigenvalue weighted by atomic mass is 16.5. The highest BCUT2D eigenvalue weighted by Gasteiger charge is 2.35. The van der Waals surface area contributed by atoms with Gasteiger partial charge in [0.2, 0.25) is 0 Å². The van der Waals surface area contributed by atoms with E-state index in [1.807, 2.05) is 29.8 Å². The van der Waals surface area contributed by atoms with Crippen LogP contribution in [0.2, 0.25) is 0 Å². The summed E-state index contributed by atoms with van der Waals surface area (Å²) in [7, 11) is 1.99. The van der Waals surface area contributed by atoms with Gasteiger partial charge in [0.05, 0.1) is 12.4 Å². The lowest BCUT2D eigenvalue weighted by Gasteiger charge is -2.19. The third kappa shape index (κ3) is 3.04. The van der Waals surface area contributed by atoms with Crippen LogP contribution in [-0.2, 0) is 11.3 Å². The second-order valence-electron chi connectivity index (χ2n) is 6.72. The van der Waals surface area contributed by atoms with Crippen molar-refractivity contribution in [2.75, 3.05) is 11.9 Å². The normalized spacial score (nSPS) is 22.8. The predicted octanol–water partition coefficient (Wildman–Crippen LogP) is 2.52. The van der Waals surface area contributed by atoms with E-state index in [1.54, 1.807) is 6.33 Å². The fourth-order valence-corrected chi connectivity index (χ4v) is 3.48. The van der Waals surface area contributed by atoms with Gasteiger partial charge in [0.1, 0.15) is 12.4 Å². The van der Waals surface area contributed by atoms with Crippen LogP contribution in [-0.4, -0.2) is 43.9 Å². The zero-order chi connectivity index (χ0) is 18.1. The maximum atomic E-state index is 10.4. The lowest BCUT2D eigenvalue weighted by atomic mass is 10.1. The Balaban J connectivity index is 1.65. The van der Waals surface area contributed by atoms with Gasteiger partial charge in [0.25, 0.3) is 0 Å². The smallest absolute Gasteiger partial charge is 0.167 e. The first kappa shape index (κ1) is 16.9. The number of hydrogen-bond acceptors (Lipinski definition) is 6. The topological polar surface area (TPSA) is 76.3 Å². The third-order valence-corrected chi connectivity index (χ3v) is 4.86. The molecule has 7 nitrogen and oxygen atoms in total. The van der Waals surface area contributed by atoms with E-state index >= 15 is 0 Å². The molecule has 1 N–H and O–H groups in total. The second kappa shape index (κ2) is 7.01. The van der Waals surface area contributed by atoms with E-state index in [0.29, 0.717) is 17.6 Å². The minimum atomic E-state index is -0.558. The van der Waals surface area contributed by atoms with Gasteiger partial charge >= 0.3 is 0 Å². The molecule has 1 aliphatic rings. The first-order valence-electron chi connectivity index (χ1n) is 8.93. The van der Waals surface area contributed by atoms with Crippen molar-refractivity contribution in [1.82, 2.24) is 19.5 Å². The fourth-order valence-electron chi connectivity index (χ4n) is 3.48. The van der Waals surface area contributed by atoms with Crippen LogP contribution in [0, 0.1) is 0 Å². The molecule has 0 radical (unpaired) electrons. The average Bonchev–Trinajstić information content (AvgIpc) is 3.25. The number of imidazole rings is 1. The molecule has 1 aromatic carbocycles. The molecule has 0 aliphatic carbocycles. The Hall–Kier alpha value is -2.51. The van der Waals surface area contributed by atoms with Gasteiger partial charge in [-0.3, -0.25) is 4.57 Å². The Morgan fingerprint density at radius 2 is 2.04 bits per heavy atom. The van der Waals surface area contributed by atoms with Gasteiger partial charge < -0.3 is 14.7 Å². The number of nitrogens with zero attached hydrogens (tertiary/aromatic N) is 5. The molecule has 0 spiro atoms. The number of anilines is 1. The van der Waals surface area contributed by atoms with E-state index in [4.69, 9.17) is 4.74 Å². The molecule has 3 heterocycles. The predicted molar refractivity (Wildman–Crippen MR) is 98.7 cm³/mol. The summed E-state index contributed by atoms with van der Waals surface area (Å²) in [5.41, 5.74) is 2.58. The molecule has 1 unspecified atom stereocenters. The molecular formula is C19H23N5O2. The van der Waals surface area contributed by atoms with Crippen LogP contribution in [0.25, 0.3) is 11.2 Å². The van der Waals surface area contributed by atoms with Crippen LogP contribution in [0.4, 0.5) is 5.82 Å². The molecule has 1 aliphatic heterocycles. The number of aliphatic hydroxyl groups is 1. The Bertz CT molecular complexity index is 882. The van der Waals surface area contributed by atoms with Gasteiger partial charge in [-0.25, -0.2) is 15.0 Å². The summed E-state index contributed by atoms with van der Waals surface area (Å²) >= 11 is 0. The Morgan fingerprint density at radius 1 is 1.23 bits per heavy atom. The van der Waals surface area contributed by atoms with Crippen LogP contribution in [0.3, 0.4) is 0 Å². The second-order valence-corrected chi connectivity index (χ2v) is 6.72. The van der Waals surface area contributed by atoms with Crippen LogP contribution >= 0.6 is 0 Å². The van der Waals surface area contributed by atoms with Crippen molar-refractivity contribution in [2.45, 2.75) is 44.7 Å². The zero-order valence-corrected chi connectivity index (χ0v) is 15.0. The van der Waals surface area contributed by atoms with Gasteiger partial charge in [-0.05, 0) is 12.0 Å². The van der Waals surface area contributed by atoms with Gasteiger partial charge in [0.15, 0.2) is 23.2 Å². The number of benzene rings is 1. The van der Waals surface area contributed by atoms with Gasteiger partial charge in [-0.2, -0.15) is 0 Å². The Labute approximate surface area is 152 Å². The lowest BCUT2D eigenvalue weighted by Crippen LogP contribution is -2.20. The molecule has 1 fully saturated rings. The Kier molecular flexibility index (Phi) is 4.57. The summed E-state index contributed by atoms with van der Waals surface area (Å²) in [5.74, 6) is 0.761. The molecule has 3 aromatic rings. The number of rotatable bonds is 5. The molecular weight excluding hydrogens is 330 g/mol. The SMILES string of the molecule is CC[C@@H]1CC(O)[C@H](n2cnc3c(N(C)Cc4ccccc4)ncnc32)O1. The number of ether oxygens (including phenoxy) is 1. The monoisotopic (exact) mass is 353 g/mol. The summed E-state index contributed by atoms with van der Waals surface area (Å²) < 4.78 is 7.79. The van der Waals surface area contributed by atoms with Crippen molar-refractivity contribution >= 4 is 17.0 Å². The molecule has 0 saturated carbocycles. The van der Waals surface area contributed by atoms with Crippen LogP contribution in [0.15, 0.2) is 43.0 Å². The molecule has 3 atom stereocenters. The fraction of sp³-hybridized carbons (Fsp3) is 0.421. The summed E-state index contributed by atoms with van der Waals surface area (Å²) in [4.78, 5) is 15.4. The van der Waals surface area contributed by atoms with Crippen LogP contribution in [0.1, 0.15) is 31.6 Å². The van der Waals surface area contributed by atoms with Gasteiger partial charge in [-0.15, -0.1) is 0 Å². The average molecular weight is 353 g/mol. The Morgan fingerprint density at radius 3 is 2.77 bits per heavy atom. The quantitative estimate of drug-likeness (QED) is 0.760. The minimum absolute atomic E-state index is 0.0644. The summed E-state index contributed by atoms with van der Waals surface area (Å²) in [5, 5.41) is 10.4.